The summed E-state index contributed by atoms with van der Waals surface area (Å²) in [5.41, 5.74) is 3.25. The largest absolute Gasteiger partial charge is 0.315 e. The van der Waals surface area contributed by atoms with Crippen molar-refractivity contribution >= 4 is 5.78 Å². The third-order valence-electron chi connectivity index (χ3n) is 8.95. The second-order valence-electron chi connectivity index (χ2n) is 11.2. The van der Waals surface area contributed by atoms with Crippen molar-refractivity contribution < 1.29 is 4.79 Å². The first-order valence-electron chi connectivity index (χ1n) is 12.6. The quantitative estimate of drug-likeness (QED) is 0.615. The van der Waals surface area contributed by atoms with Gasteiger partial charge >= 0.3 is 0 Å². The minimum Gasteiger partial charge on any atom is -0.315 e. The molecule has 4 saturated carbocycles. The molecule has 4 heteroatoms. The van der Waals surface area contributed by atoms with Crippen LogP contribution in [0, 0.1) is 23.2 Å². The first kappa shape index (κ1) is 19.7. The molecular formula is C27H35N3O. The fourth-order valence-corrected chi connectivity index (χ4v) is 8.19. The summed E-state index contributed by atoms with van der Waals surface area (Å²) in [4.78, 5) is 13.1. The Hall–Kier alpha value is -1.97. The zero-order valence-corrected chi connectivity index (χ0v) is 18.9. The van der Waals surface area contributed by atoms with Crippen molar-refractivity contribution in [3.8, 4) is 0 Å². The summed E-state index contributed by atoms with van der Waals surface area (Å²) in [5.74, 6) is 5.75. The van der Waals surface area contributed by atoms with E-state index in [9.17, 15) is 4.79 Å². The molecule has 0 N–H and O–H groups in total. The van der Waals surface area contributed by atoms with Crippen molar-refractivity contribution in [1.29, 1.82) is 0 Å². The number of rotatable bonds is 7. The fraction of sp³-hybridized carbons (Fsp3) is 0.667. The third kappa shape index (κ3) is 3.56. The lowest BCUT2D eigenvalue weighted by Gasteiger charge is -2.56. The molecule has 0 spiro atoms. The molecule has 1 aromatic heterocycles. The van der Waals surface area contributed by atoms with Crippen LogP contribution in [0.4, 0.5) is 0 Å². The van der Waals surface area contributed by atoms with Crippen molar-refractivity contribution in [2.75, 3.05) is 0 Å². The van der Waals surface area contributed by atoms with Gasteiger partial charge in [-0.25, -0.2) is 0 Å². The molecule has 4 fully saturated rings. The lowest BCUT2D eigenvalue weighted by atomic mass is 9.48. The van der Waals surface area contributed by atoms with Crippen molar-refractivity contribution in [3.05, 3.63) is 47.0 Å². The highest BCUT2D eigenvalue weighted by atomic mass is 16.1. The molecule has 0 amide bonds. The lowest BCUT2D eigenvalue weighted by Crippen LogP contribution is -2.46. The van der Waals surface area contributed by atoms with Gasteiger partial charge in [-0.05, 0) is 92.6 Å². The smallest absolute Gasteiger partial charge is 0.136 e. The van der Waals surface area contributed by atoms with E-state index in [-0.39, 0.29) is 0 Å². The van der Waals surface area contributed by atoms with E-state index in [0.717, 1.165) is 61.6 Å². The van der Waals surface area contributed by atoms with Crippen LogP contribution in [0.1, 0.15) is 87.0 Å². The zero-order valence-electron chi connectivity index (χ0n) is 18.9. The maximum Gasteiger partial charge on any atom is 0.136 e. The van der Waals surface area contributed by atoms with E-state index in [1.807, 2.05) is 0 Å². The normalized spacial score (nSPS) is 31.3. The van der Waals surface area contributed by atoms with E-state index in [1.165, 1.54) is 49.7 Å². The Morgan fingerprint density at radius 1 is 1.00 bits per heavy atom. The van der Waals surface area contributed by atoms with Crippen LogP contribution in [0.2, 0.25) is 0 Å². The number of carbonyl (C=O) groups excluding carboxylic acids is 1. The highest BCUT2D eigenvalue weighted by Gasteiger charge is 2.51. The SMILES string of the molecule is CCn1c(CCC(=O)CC23CC4CC(CC(C4)C2)C3)nnc1C1Cc2ccccc2C1. The van der Waals surface area contributed by atoms with E-state index < -0.39 is 0 Å². The van der Waals surface area contributed by atoms with Gasteiger partial charge in [0.15, 0.2) is 0 Å². The second kappa shape index (κ2) is 7.56. The van der Waals surface area contributed by atoms with E-state index >= 15 is 0 Å². The Labute approximate surface area is 185 Å². The van der Waals surface area contributed by atoms with Crippen molar-refractivity contribution in [1.82, 2.24) is 14.8 Å². The van der Waals surface area contributed by atoms with Gasteiger partial charge in [-0.15, -0.1) is 10.2 Å². The minimum absolute atomic E-state index is 0.352. The summed E-state index contributed by atoms with van der Waals surface area (Å²) in [5, 5.41) is 9.17. The monoisotopic (exact) mass is 417 g/mol. The Balaban J connectivity index is 1.11. The number of ketones is 1. The molecule has 7 rings (SSSR count). The highest BCUT2D eigenvalue weighted by molar-refractivity contribution is 5.79. The number of fused-ring (bicyclic) bond motifs is 1. The molecule has 1 aromatic carbocycles. The number of nitrogens with zero attached hydrogens (tertiary/aromatic N) is 3. The number of hydrogen-bond donors (Lipinski definition) is 0. The van der Waals surface area contributed by atoms with Crippen LogP contribution in [-0.2, 0) is 30.6 Å². The van der Waals surface area contributed by atoms with Gasteiger partial charge in [-0.2, -0.15) is 0 Å². The molecule has 164 valence electrons. The van der Waals surface area contributed by atoms with Gasteiger partial charge in [0.25, 0.3) is 0 Å². The average Bonchev–Trinajstić information content (AvgIpc) is 3.34. The molecule has 0 aliphatic heterocycles. The molecule has 5 aliphatic carbocycles. The van der Waals surface area contributed by atoms with Crippen LogP contribution >= 0.6 is 0 Å². The number of benzene rings is 1. The van der Waals surface area contributed by atoms with E-state index in [4.69, 9.17) is 0 Å². The average molecular weight is 418 g/mol. The predicted octanol–water partition coefficient (Wildman–Crippen LogP) is 5.29. The summed E-state index contributed by atoms with van der Waals surface area (Å²) >= 11 is 0. The molecule has 0 atom stereocenters. The summed E-state index contributed by atoms with van der Waals surface area (Å²) in [6, 6.07) is 8.75. The zero-order chi connectivity index (χ0) is 21.0. The minimum atomic E-state index is 0.352. The molecule has 31 heavy (non-hydrogen) atoms. The summed E-state index contributed by atoms with van der Waals surface area (Å²) in [6.07, 6.45) is 12.6. The summed E-state index contributed by atoms with van der Waals surface area (Å²) in [6.45, 7) is 3.06. The van der Waals surface area contributed by atoms with E-state index in [2.05, 4.69) is 46.0 Å². The Morgan fingerprint density at radius 2 is 1.61 bits per heavy atom. The van der Waals surface area contributed by atoms with Crippen LogP contribution in [0.5, 0.6) is 0 Å². The molecule has 1 heterocycles. The lowest BCUT2D eigenvalue weighted by molar-refractivity contribution is -0.127. The molecule has 4 bridgehead atoms. The van der Waals surface area contributed by atoms with E-state index in [1.54, 1.807) is 0 Å². The number of hydrogen-bond acceptors (Lipinski definition) is 3. The number of Topliss-reactive ketones (excluding diaryl/α,β-unsaturated/α-hetero) is 1. The van der Waals surface area contributed by atoms with Gasteiger partial charge in [-0.1, -0.05) is 24.3 Å². The van der Waals surface area contributed by atoms with Crippen LogP contribution in [0.3, 0.4) is 0 Å². The van der Waals surface area contributed by atoms with Crippen LogP contribution in [0.25, 0.3) is 0 Å². The van der Waals surface area contributed by atoms with Crippen LogP contribution in [-0.4, -0.2) is 20.5 Å². The van der Waals surface area contributed by atoms with Gasteiger partial charge in [0.2, 0.25) is 0 Å². The molecule has 0 radical (unpaired) electrons. The van der Waals surface area contributed by atoms with Gasteiger partial charge < -0.3 is 4.57 Å². The Bertz CT molecular complexity index is 930. The Morgan fingerprint density at radius 3 is 2.19 bits per heavy atom. The molecule has 5 aliphatic rings. The standard InChI is InChI=1S/C27H35N3O/c1-2-30-25(28-29-26(30)23-12-21-5-3-4-6-22(21)13-23)8-7-24(31)17-27-14-18-9-19(15-27)11-20(10-18)16-27/h3-6,18-20,23H,2,7-17H2,1H3. The number of aryl methyl sites for hydroxylation is 1. The van der Waals surface area contributed by atoms with Gasteiger partial charge in [0, 0.05) is 31.7 Å². The molecule has 0 saturated heterocycles. The highest BCUT2D eigenvalue weighted by Crippen LogP contribution is 2.61. The van der Waals surface area contributed by atoms with Gasteiger partial charge in [0.1, 0.15) is 17.4 Å². The van der Waals surface area contributed by atoms with Crippen LogP contribution < -0.4 is 0 Å². The third-order valence-corrected chi connectivity index (χ3v) is 8.95. The predicted molar refractivity (Wildman–Crippen MR) is 121 cm³/mol. The van der Waals surface area contributed by atoms with E-state index in [0.29, 0.717) is 23.5 Å². The molecule has 0 unspecified atom stereocenters. The number of aromatic nitrogens is 3. The first-order valence-corrected chi connectivity index (χ1v) is 12.6. The maximum absolute atomic E-state index is 13.1. The first-order chi connectivity index (χ1) is 15.1. The van der Waals surface area contributed by atoms with Gasteiger partial charge in [0.05, 0.1) is 0 Å². The van der Waals surface area contributed by atoms with Crippen molar-refractivity contribution in [2.24, 2.45) is 23.2 Å². The maximum atomic E-state index is 13.1. The van der Waals surface area contributed by atoms with Crippen LogP contribution in [0.15, 0.2) is 24.3 Å². The topological polar surface area (TPSA) is 47.8 Å². The fourth-order valence-electron chi connectivity index (χ4n) is 8.19. The van der Waals surface area contributed by atoms with Crippen molar-refractivity contribution in [3.63, 3.8) is 0 Å². The molecule has 4 nitrogen and oxygen atoms in total. The Kier molecular flexibility index (Phi) is 4.81. The molecule has 2 aromatic rings. The second-order valence-corrected chi connectivity index (χ2v) is 11.2. The van der Waals surface area contributed by atoms with Crippen molar-refractivity contribution in [2.45, 2.75) is 90.0 Å². The molecular weight excluding hydrogens is 382 g/mol. The summed E-state index contributed by atoms with van der Waals surface area (Å²) in [7, 11) is 0. The summed E-state index contributed by atoms with van der Waals surface area (Å²) < 4.78 is 2.29. The van der Waals surface area contributed by atoms with Gasteiger partial charge in [-0.3, -0.25) is 4.79 Å². The number of carbonyl (C=O) groups is 1.